The van der Waals surface area contributed by atoms with Crippen LogP contribution < -0.4 is 10.5 Å². The molecule has 1 aliphatic heterocycles. The zero-order chi connectivity index (χ0) is 15.4. The molecule has 0 radical (unpaired) electrons. The number of hydrogen-bond donors (Lipinski definition) is 1. The number of halogens is 3. The molecule has 1 fully saturated rings. The summed E-state index contributed by atoms with van der Waals surface area (Å²) in [5, 5.41) is 0. The van der Waals surface area contributed by atoms with Crippen molar-refractivity contribution < 1.29 is 23.0 Å². The molecular formula is C14H19ClF2N2O3. The lowest BCUT2D eigenvalue weighted by Crippen LogP contribution is -2.48. The van der Waals surface area contributed by atoms with Gasteiger partial charge in [0.1, 0.15) is 11.9 Å². The van der Waals surface area contributed by atoms with E-state index in [-0.39, 0.29) is 30.2 Å². The molecule has 0 spiro atoms. The van der Waals surface area contributed by atoms with E-state index in [1.165, 1.54) is 12.1 Å². The van der Waals surface area contributed by atoms with Crippen molar-refractivity contribution >= 4 is 18.3 Å². The molecule has 1 aromatic carbocycles. The van der Waals surface area contributed by atoms with Gasteiger partial charge in [0.15, 0.2) is 0 Å². The van der Waals surface area contributed by atoms with Crippen LogP contribution in [0, 0.1) is 0 Å². The van der Waals surface area contributed by atoms with Crippen molar-refractivity contribution in [1.29, 1.82) is 0 Å². The Morgan fingerprint density at radius 1 is 1.50 bits per heavy atom. The highest BCUT2D eigenvalue weighted by atomic mass is 35.5. The summed E-state index contributed by atoms with van der Waals surface area (Å²) < 4.78 is 34.4. The third kappa shape index (κ3) is 4.79. The maximum Gasteiger partial charge on any atom is 0.387 e. The predicted molar refractivity (Wildman–Crippen MR) is 79.2 cm³/mol. The highest BCUT2D eigenvalue weighted by Gasteiger charge is 2.27. The molecule has 124 valence electrons. The van der Waals surface area contributed by atoms with Gasteiger partial charge >= 0.3 is 6.61 Å². The van der Waals surface area contributed by atoms with Gasteiger partial charge in [0, 0.05) is 6.54 Å². The SMILES string of the molecule is C[C@@H](N)C(=O)N1CCOC(c2cccc(OC(F)F)c2)C1.Cl. The molecule has 1 aliphatic rings. The van der Waals surface area contributed by atoms with Crippen molar-refractivity contribution in [3.63, 3.8) is 0 Å². The number of carbonyl (C=O) groups is 1. The van der Waals surface area contributed by atoms with Gasteiger partial charge in [0.25, 0.3) is 0 Å². The van der Waals surface area contributed by atoms with E-state index in [0.29, 0.717) is 25.3 Å². The summed E-state index contributed by atoms with van der Waals surface area (Å²) in [4.78, 5) is 13.5. The second-order valence-electron chi connectivity index (χ2n) is 4.88. The molecule has 0 aliphatic carbocycles. The molecule has 1 aromatic rings. The van der Waals surface area contributed by atoms with Crippen LogP contribution in [0.5, 0.6) is 5.75 Å². The fourth-order valence-electron chi connectivity index (χ4n) is 2.23. The van der Waals surface area contributed by atoms with Gasteiger partial charge in [0.05, 0.1) is 19.2 Å². The first-order valence-electron chi connectivity index (χ1n) is 6.68. The van der Waals surface area contributed by atoms with Crippen molar-refractivity contribution in [3.8, 4) is 5.75 Å². The summed E-state index contributed by atoms with van der Waals surface area (Å²) in [5.74, 6) is -0.0787. The molecule has 2 rings (SSSR count). The van der Waals surface area contributed by atoms with Crippen LogP contribution in [-0.4, -0.2) is 43.2 Å². The van der Waals surface area contributed by atoms with Gasteiger partial charge in [-0.3, -0.25) is 4.79 Å². The van der Waals surface area contributed by atoms with E-state index < -0.39 is 12.7 Å². The first-order valence-corrected chi connectivity index (χ1v) is 6.68. The minimum Gasteiger partial charge on any atom is -0.435 e. The van der Waals surface area contributed by atoms with Crippen LogP contribution in [0.3, 0.4) is 0 Å². The van der Waals surface area contributed by atoms with Crippen LogP contribution in [-0.2, 0) is 9.53 Å². The zero-order valence-electron chi connectivity index (χ0n) is 12.1. The van der Waals surface area contributed by atoms with E-state index in [2.05, 4.69) is 4.74 Å². The van der Waals surface area contributed by atoms with Gasteiger partial charge < -0.3 is 20.1 Å². The third-order valence-electron chi connectivity index (χ3n) is 3.22. The van der Waals surface area contributed by atoms with Crippen molar-refractivity contribution in [2.24, 2.45) is 5.73 Å². The molecule has 22 heavy (non-hydrogen) atoms. The number of benzene rings is 1. The van der Waals surface area contributed by atoms with E-state index in [1.54, 1.807) is 24.0 Å². The molecule has 1 unspecified atom stereocenters. The van der Waals surface area contributed by atoms with E-state index in [0.717, 1.165) is 0 Å². The lowest BCUT2D eigenvalue weighted by molar-refractivity contribution is -0.140. The van der Waals surface area contributed by atoms with Crippen molar-refractivity contribution in [2.75, 3.05) is 19.7 Å². The molecule has 1 amide bonds. The van der Waals surface area contributed by atoms with Gasteiger partial charge in [0.2, 0.25) is 5.91 Å². The van der Waals surface area contributed by atoms with Crippen LogP contribution in [0.1, 0.15) is 18.6 Å². The van der Waals surface area contributed by atoms with E-state index in [9.17, 15) is 13.6 Å². The number of rotatable bonds is 4. The molecule has 1 heterocycles. The van der Waals surface area contributed by atoms with Gasteiger partial charge in [-0.1, -0.05) is 12.1 Å². The third-order valence-corrected chi connectivity index (χ3v) is 3.22. The Balaban J connectivity index is 0.00000242. The molecule has 0 aromatic heterocycles. The monoisotopic (exact) mass is 336 g/mol. The maximum absolute atomic E-state index is 12.2. The summed E-state index contributed by atoms with van der Waals surface area (Å²) in [6.07, 6.45) is -0.373. The number of amides is 1. The fourth-order valence-corrected chi connectivity index (χ4v) is 2.23. The second-order valence-corrected chi connectivity index (χ2v) is 4.88. The summed E-state index contributed by atoms with van der Waals surface area (Å²) in [7, 11) is 0. The van der Waals surface area contributed by atoms with Gasteiger partial charge in [-0.25, -0.2) is 0 Å². The van der Waals surface area contributed by atoms with E-state index in [1.807, 2.05) is 0 Å². The minimum atomic E-state index is -2.87. The molecule has 2 atom stereocenters. The number of alkyl halides is 2. The normalized spacial score (nSPS) is 19.5. The molecule has 5 nitrogen and oxygen atoms in total. The van der Waals surface area contributed by atoms with Gasteiger partial charge in [-0.05, 0) is 24.6 Å². The Bertz CT molecular complexity index is 503. The summed E-state index contributed by atoms with van der Waals surface area (Å²) >= 11 is 0. The average molecular weight is 337 g/mol. The summed E-state index contributed by atoms with van der Waals surface area (Å²) in [6.45, 7) is -0.0427. The van der Waals surface area contributed by atoms with Crippen LogP contribution in [0.2, 0.25) is 0 Å². The average Bonchev–Trinajstić information content (AvgIpc) is 2.46. The first-order chi connectivity index (χ1) is 9.97. The standard InChI is InChI=1S/C14H18F2N2O3.ClH/c1-9(17)13(19)18-5-6-20-12(8-18)10-3-2-4-11(7-10)21-14(15)16;/h2-4,7,9,12,14H,5-6,8,17H2,1H3;1H/t9-,12?;/m1./s1. The topological polar surface area (TPSA) is 64.8 Å². The molecular weight excluding hydrogens is 318 g/mol. The summed E-state index contributed by atoms with van der Waals surface area (Å²) in [5.41, 5.74) is 6.28. The highest BCUT2D eigenvalue weighted by molar-refractivity contribution is 5.85. The summed E-state index contributed by atoms with van der Waals surface area (Å²) in [6, 6.07) is 5.74. The van der Waals surface area contributed by atoms with E-state index >= 15 is 0 Å². The van der Waals surface area contributed by atoms with Crippen molar-refractivity contribution in [1.82, 2.24) is 4.90 Å². The highest BCUT2D eigenvalue weighted by Crippen LogP contribution is 2.26. The molecule has 2 N–H and O–H groups in total. The van der Waals surface area contributed by atoms with Crippen LogP contribution in [0.15, 0.2) is 24.3 Å². The van der Waals surface area contributed by atoms with Crippen molar-refractivity contribution in [2.45, 2.75) is 25.7 Å². The molecule has 0 saturated carbocycles. The Kier molecular flexibility index (Phi) is 6.99. The number of carbonyl (C=O) groups excluding carboxylic acids is 1. The number of morpholine rings is 1. The number of hydrogen-bond acceptors (Lipinski definition) is 4. The lowest BCUT2D eigenvalue weighted by atomic mass is 10.1. The smallest absolute Gasteiger partial charge is 0.387 e. The quantitative estimate of drug-likeness (QED) is 0.913. The Hall–Kier alpha value is -1.44. The fraction of sp³-hybridized carbons (Fsp3) is 0.500. The number of ether oxygens (including phenoxy) is 2. The van der Waals surface area contributed by atoms with Gasteiger partial charge in [-0.2, -0.15) is 8.78 Å². The van der Waals surface area contributed by atoms with Crippen LogP contribution in [0.4, 0.5) is 8.78 Å². The van der Waals surface area contributed by atoms with Gasteiger partial charge in [-0.15, -0.1) is 12.4 Å². The van der Waals surface area contributed by atoms with Crippen LogP contribution in [0.25, 0.3) is 0 Å². The molecule has 8 heteroatoms. The number of nitrogens with two attached hydrogens (primary N) is 1. The largest absolute Gasteiger partial charge is 0.435 e. The Morgan fingerprint density at radius 2 is 2.23 bits per heavy atom. The Morgan fingerprint density at radius 3 is 2.86 bits per heavy atom. The lowest BCUT2D eigenvalue weighted by Gasteiger charge is -2.34. The van der Waals surface area contributed by atoms with E-state index in [4.69, 9.17) is 10.5 Å². The maximum atomic E-state index is 12.2. The van der Waals surface area contributed by atoms with Crippen molar-refractivity contribution in [3.05, 3.63) is 29.8 Å². The Labute approximate surface area is 133 Å². The zero-order valence-corrected chi connectivity index (χ0v) is 12.9. The van der Waals surface area contributed by atoms with Crippen LogP contribution >= 0.6 is 12.4 Å². The first kappa shape index (κ1) is 18.6. The molecule has 1 saturated heterocycles. The number of nitrogens with zero attached hydrogens (tertiary/aromatic N) is 1. The minimum absolute atomic E-state index is 0. The second kappa shape index (κ2) is 8.26. The molecule has 0 bridgehead atoms. The predicted octanol–water partition coefficient (Wildman–Crippen LogP) is 1.96.